The zero-order chi connectivity index (χ0) is 11.7. The first-order chi connectivity index (χ1) is 7.59. The third-order valence-corrected chi connectivity index (χ3v) is 4.28. The second kappa shape index (κ2) is 6.05. The highest BCUT2D eigenvalue weighted by molar-refractivity contribution is 5.85. The summed E-state index contributed by atoms with van der Waals surface area (Å²) in [5.74, 6) is 1.03. The number of likely N-dealkylation sites (N-methyl/N-ethyl adjacent to an activating group) is 1. The molecule has 1 saturated heterocycles. The predicted octanol–water partition coefficient (Wildman–Crippen LogP) is 2.20. The van der Waals surface area contributed by atoms with Crippen LogP contribution in [0.3, 0.4) is 0 Å². The Bertz CT molecular complexity index is 256. The van der Waals surface area contributed by atoms with Crippen molar-refractivity contribution in [3.8, 4) is 0 Å². The maximum atomic E-state index is 12.2. The van der Waals surface area contributed by atoms with Crippen LogP contribution in [0.25, 0.3) is 0 Å². The molecule has 3 unspecified atom stereocenters. The van der Waals surface area contributed by atoms with Crippen LogP contribution in [0.15, 0.2) is 0 Å². The summed E-state index contributed by atoms with van der Waals surface area (Å²) >= 11 is 0. The van der Waals surface area contributed by atoms with E-state index in [4.69, 9.17) is 0 Å². The lowest BCUT2D eigenvalue weighted by Gasteiger charge is -2.25. The summed E-state index contributed by atoms with van der Waals surface area (Å²) in [5, 5.41) is 3.54. The van der Waals surface area contributed by atoms with Gasteiger partial charge in [-0.05, 0) is 39.0 Å². The molecule has 0 spiro atoms. The van der Waals surface area contributed by atoms with Crippen LogP contribution in [0.5, 0.6) is 0 Å². The summed E-state index contributed by atoms with van der Waals surface area (Å²) in [6.45, 7) is 4.14. The first-order valence-corrected chi connectivity index (χ1v) is 6.62. The van der Waals surface area contributed by atoms with Gasteiger partial charge in [-0.3, -0.25) is 4.79 Å². The van der Waals surface area contributed by atoms with E-state index < -0.39 is 0 Å². The highest BCUT2D eigenvalue weighted by Crippen LogP contribution is 2.33. The van der Waals surface area contributed by atoms with Crippen molar-refractivity contribution in [2.75, 3.05) is 7.05 Å². The third-order valence-electron chi connectivity index (χ3n) is 4.28. The molecule has 1 N–H and O–H groups in total. The zero-order valence-electron chi connectivity index (χ0n) is 11.1. The van der Waals surface area contributed by atoms with Crippen molar-refractivity contribution in [1.82, 2.24) is 10.2 Å². The molecule has 2 aliphatic rings. The number of nitrogens with one attached hydrogen (secondary N) is 1. The van der Waals surface area contributed by atoms with Gasteiger partial charge in [-0.2, -0.15) is 0 Å². The van der Waals surface area contributed by atoms with Crippen LogP contribution >= 0.6 is 12.4 Å². The van der Waals surface area contributed by atoms with E-state index in [0.29, 0.717) is 12.1 Å². The Kier molecular flexibility index (Phi) is 5.26. The van der Waals surface area contributed by atoms with E-state index >= 15 is 0 Å². The topological polar surface area (TPSA) is 32.3 Å². The average Bonchev–Trinajstić information content (AvgIpc) is 2.70. The second-order valence-corrected chi connectivity index (χ2v) is 5.65. The number of fused-ring (bicyclic) bond motifs is 1. The molecule has 3 atom stereocenters. The van der Waals surface area contributed by atoms with Gasteiger partial charge in [0.15, 0.2) is 0 Å². The quantitative estimate of drug-likeness (QED) is 0.826. The Labute approximate surface area is 111 Å². The second-order valence-electron chi connectivity index (χ2n) is 5.65. The lowest BCUT2D eigenvalue weighted by atomic mass is 9.85. The maximum absolute atomic E-state index is 12.2. The molecule has 2 rings (SSSR count). The van der Waals surface area contributed by atoms with Gasteiger partial charge in [0.25, 0.3) is 0 Å². The molecule has 100 valence electrons. The maximum Gasteiger partial charge on any atom is 0.239 e. The predicted molar refractivity (Wildman–Crippen MR) is 72.4 cm³/mol. The normalized spacial score (nSPS) is 31.9. The van der Waals surface area contributed by atoms with Gasteiger partial charge in [0.05, 0.1) is 6.04 Å². The molecule has 0 aromatic heterocycles. The Morgan fingerprint density at radius 3 is 2.53 bits per heavy atom. The Morgan fingerprint density at radius 2 is 1.94 bits per heavy atom. The fourth-order valence-corrected chi connectivity index (χ4v) is 3.01. The molecule has 17 heavy (non-hydrogen) atoms. The van der Waals surface area contributed by atoms with E-state index in [1.165, 1.54) is 25.7 Å². The van der Waals surface area contributed by atoms with E-state index in [1.807, 2.05) is 11.9 Å². The largest absolute Gasteiger partial charge is 0.342 e. The van der Waals surface area contributed by atoms with Crippen LogP contribution in [-0.2, 0) is 4.79 Å². The number of carbonyl (C=O) groups is 1. The number of rotatable bonds is 2. The minimum absolute atomic E-state index is 0. The van der Waals surface area contributed by atoms with E-state index in [9.17, 15) is 4.79 Å². The molecule has 0 bridgehead atoms. The molecule has 2 fully saturated rings. The van der Waals surface area contributed by atoms with Gasteiger partial charge < -0.3 is 10.2 Å². The minimum Gasteiger partial charge on any atom is -0.342 e. The number of amides is 1. The fourth-order valence-electron chi connectivity index (χ4n) is 3.01. The van der Waals surface area contributed by atoms with Crippen LogP contribution in [0.2, 0.25) is 0 Å². The highest BCUT2D eigenvalue weighted by atomic mass is 35.5. The molecule has 1 amide bonds. The Hall–Kier alpha value is -0.280. The monoisotopic (exact) mass is 260 g/mol. The van der Waals surface area contributed by atoms with Gasteiger partial charge in [-0.25, -0.2) is 0 Å². The van der Waals surface area contributed by atoms with Crippen LogP contribution < -0.4 is 5.32 Å². The Balaban J connectivity index is 0.00000144. The summed E-state index contributed by atoms with van der Waals surface area (Å²) < 4.78 is 0. The smallest absolute Gasteiger partial charge is 0.239 e. The minimum atomic E-state index is 0. The summed E-state index contributed by atoms with van der Waals surface area (Å²) in [6, 6.07) is 1.00. The van der Waals surface area contributed by atoms with Gasteiger partial charge >= 0.3 is 0 Å². The van der Waals surface area contributed by atoms with E-state index in [2.05, 4.69) is 19.2 Å². The number of halogens is 1. The van der Waals surface area contributed by atoms with Crippen molar-refractivity contribution in [2.24, 2.45) is 5.92 Å². The molecule has 1 heterocycles. The van der Waals surface area contributed by atoms with Crippen molar-refractivity contribution in [3.63, 3.8) is 0 Å². The van der Waals surface area contributed by atoms with Crippen LogP contribution in [0, 0.1) is 5.92 Å². The summed E-state index contributed by atoms with van der Waals surface area (Å²) in [5.41, 5.74) is 0. The lowest BCUT2D eigenvalue weighted by molar-refractivity contribution is -0.133. The number of nitrogens with zero attached hydrogens (tertiary/aromatic N) is 1. The first-order valence-electron chi connectivity index (χ1n) is 6.62. The molecule has 3 nitrogen and oxygen atoms in total. The Morgan fingerprint density at radius 1 is 1.29 bits per heavy atom. The average molecular weight is 261 g/mol. The van der Waals surface area contributed by atoms with Crippen molar-refractivity contribution >= 4 is 18.3 Å². The number of hydrogen-bond acceptors (Lipinski definition) is 2. The third kappa shape index (κ3) is 3.14. The highest BCUT2D eigenvalue weighted by Gasteiger charge is 2.39. The SMILES string of the molecule is CC(C)N(C)C(=O)C1CC2CCCCC2N1.Cl. The standard InChI is InChI=1S/C13H24N2O.ClH/c1-9(2)15(3)13(16)12-8-10-6-4-5-7-11(10)14-12;/h9-12,14H,4-8H2,1-3H3;1H. The number of carbonyl (C=O) groups excluding carboxylic acids is 1. The van der Waals surface area contributed by atoms with Crippen LogP contribution in [0.4, 0.5) is 0 Å². The molecule has 0 aromatic carbocycles. The van der Waals surface area contributed by atoms with E-state index in [1.54, 1.807) is 0 Å². The molecule has 4 heteroatoms. The molecule has 1 aliphatic heterocycles. The molecule has 0 aromatic rings. The van der Waals surface area contributed by atoms with Crippen molar-refractivity contribution in [1.29, 1.82) is 0 Å². The van der Waals surface area contributed by atoms with Gasteiger partial charge in [-0.15, -0.1) is 12.4 Å². The van der Waals surface area contributed by atoms with Crippen LogP contribution in [-0.4, -0.2) is 36.0 Å². The van der Waals surface area contributed by atoms with Gasteiger partial charge in [-0.1, -0.05) is 12.8 Å². The van der Waals surface area contributed by atoms with E-state index in [0.717, 1.165) is 12.3 Å². The van der Waals surface area contributed by atoms with Gasteiger partial charge in [0.2, 0.25) is 5.91 Å². The van der Waals surface area contributed by atoms with Gasteiger partial charge in [0, 0.05) is 19.1 Å². The van der Waals surface area contributed by atoms with Crippen molar-refractivity contribution < 1.29 is 4.79 Å². The molecule has 1 saturated carbocycles. The molecular formula is C13H25ClN2O. The zero-order valence-corrected chi connectivity index (χ0v) is 11.9. The summed E-state index contributed by atoms with van der Waals surface area (Å²) in [4.78, 5) is 14.1. The van der Waals surface area contributed by atoms with Crippen LogP contribution in [0.1, 0.15) is 46.0 Å². The van der Waals surface area contributed by atoms with Crippen molar-refractivity contribution in [2.45, 2.75) is 64.1 Å². The molecule has 1 aliphatic carbocycles. The molecule has 0 radical (unpaired) electrons. The van der Waals surface area contributed by atoms with E-state index in [-0.39, 0.29) is 24.4 Å². The van der Waals surface area contributed by atoms with Gasteiger partial charge in [0.1, 0.15) is 0 Å². The first kappa shape index (κ1) is 14.8. The van der Waals surface area contributed by atoms with Crippen molar-refractivity contribution in [3.05, 3.63) is 0 Å². The molecular weight excluding hydrogens is 236 g/mol. The summed E-state index contributed by atoms with van der Waals surface area (Å²) in [7, 11) is 1.91. The number of hydrogen-bond donors (Lipinski definition) is 1. The fraction of sp³-hybridized carbons (Fsp3) is 0.923. The summed E-state index contributed by atoms with van der Waals surface area (Å²) in [6.07, 6.45) is 6.31. The lowest BCUT2D eigenvalue weighted by Crippen LogP contribution is -2.46.